The maximum Gasteiger partial charge on any atom is 0.255 e. The van der Waals surface area contributed by atoms with E-state index in [9.17, 15) is 14.7 Å². The highest BCUT2D eigenvalue weighted by Crippen LogP contribution is 2.24. The predicted octanol–water partition coefficient (Wildman–Crippen LogP) is 2.26. The summed E-state index contributed by atoms with van der Waals surface area (Å²) in [7, 11) is 1.55. The molecule has 0 aromatic heterocycles. The van der Waals surface area contributed by atoms with E-state index in [2.05, 4.69) is 5.32 Å². The Morgan fingerprint density at radius 2 is 1.77 bits per heavy atom. The van der Waals surface area contributed by atoms with E-state index in [1.54, 1.807) is 20.9 Å². The molecule has 0 fully saturated rings. The number of likely N-dealkylation sites (N-methyl/N-ethyl adjacent to an activating group) is 1. The fourth-order valence-electron chi connectivity index (χ4n) is 1.75. The smallest absolute Gasteiger partial charge is 0.255 e. The largest absolute Gasteiger partial charge is 0.378 e. The fraction of sp³-hybridized carbons (Fsp3) is 0.467. The Balaban J connectivity index is 2.60. The molecular weight excluding hydrogens is 327 g/mol. The molecule has 5 nitrogen and oxygen atoms in total. The number of nitrogens with zero attached hydrogens (tertiary/aromatic N) is 1. The Morgan fingerprint density at radius 3 is 2.27 bits per heavy atom. The third kappa shape index (κ3) is 5.48. The fourth-order valence-corrected chi connectivity index (χ4v) is 2.29. The average Bonchev–Trinajstić information content (AvgIpc) is 2.44. The molecule has 1 rings (SSSR count). The molecular formula is C15H20Cl2N2O3. The van der Waals surface area contributed by atoms with Crippen LogP contribution in [-0.4, -0.2) is 42.0 Å². The zero-order chi connectivity index (χ0) is 16.9. The van der Waals surface area contributed by atoms with Crippen molar-refractivity contribution in [3.05, 3.63) is 33.8 Å². The molecule has 122 valence electrons. The van der Waals surface area contributed by atoms with Gasteiger partial charge in [0.25, 0.3) is 5.91 Å². The second-order valence-electron chi connectivity index (χ2n) is 5.31. The quantitative estimate of drug-likeness (QED) is 0.829. The molecule has 0 radical (unpaired) electrons. The van der Waals surface area contributed by atoms with Gasteiger partial charge in [0, 0.05) is 36.1 Å². The van der Waals surface area contributed by atoms with Gasteiger partial charge in [0.2, 0.25) is 5.91 Å². The standard InChI is InChI=1S/C15H20Cl2N2O3/c1-9(2)14(21)18-4-5-19(3)15(22)13(20)10-6-11(16)8-12(17)7-10/h6-9,13,20H,4-5H2,1-3H3,(H,18,21). The van der Waals surface area contributed by atoms with Crippen LogP contribution in [0.1, 0.15) is 25.5 Å². The van der Waals surface area contributed by atoms with E-state index in [0.29, 0.717) is 28.7 Å². The summed E-state index contributed by atoms with van der Waals surface area (Å²) in [6.07, 6.45) is -1.35. The minimum absolute atomic E-state index is 0.0805. The van der Waals surface area contributed by atoms with Crippen molar-refractivity contribution in [3.8, 4) is 0 Å². The number of amides is 2. The first kappa shape index (κ1) is 18.7. The molecule has 1 atom stereocenters. The number of halogens is 2. The van der Waals surface area contributed by atoms with Gasteiger partial charge in [-0.2, -0.15) is 0 Å². The Kier molecular flexibility index (Phi) is 7.13. The first-order valence-corrected chi connectivity index (χ1v) is 7.64. The van der Waals surface area contributed by atoms with Crippen molar-refractivity contribution < 1.29 is 14.7 Å². The number of rotatable bonds is 6. The van der Waals surface area contributed by atoms with Gasteiger partial charge >= 0.3 is 0 Å². The van der Waals surface area contributed by atoms with Crippen LogP contribution in [0.4, 0.5) is 0 Å². The molecule has 0 aliphatic heterocycles. The van der Waals surface area contributed by atoms with Crippen molar-refractivity contribution in [2.24, 2.45) is 5.92 Å². The van der Waals surface area contributed by atoms with Crippen molar-refractivity contribution in [2.75, 3.05) is 20.1 Å². The van der Waals surface area contributed by atoms with Crippen LogP contribution >= 0.6 is 23.2 Å². The molecule has 7 heteroatoms. The number of carbonyl (C=O) groups is 2. The second kappa shape index (κ2) is 8.36. The maximum atomic E-state index is 12.2. The number of benzene rings is 1. The van der Waals surface area contributed by atoms with Gasteiger partial charge in [-0.3, -0.25) is 9.59 Å². The number of hydrogen-bond donors (Lipinski definition) is 2. The summed E-state index contributed by atoms with van der Waals surface area (Å²) in [6.45, 7) is 4.19. The minimum Gasteiger partial charge on any atom is -0.378 e. The number of hydrogen-bond acceptors (Lipinski definition) is 3. The van der Waals surface area contributed by atoms with Crippen LogP contribution in [0.5, 0.6) is 0 Å². The minimum atomic E-state index is -1.35. The number of aliphatic hydroxyl groups excluding tert-OH is 1. The molecule has 2 N–H and O–H groups in total. The molecule has 0 saturated carbocycles. The van der Waals surface area contributed by atoms with E-state index in [-0.39, 0.29) is 11.8 Å². The van der Waals surface area contributed by atoms with Crippen molar-refractivity contribution in [1.29, 1.82) is 0 Å². The molecule has 1 aromatic carbocycles. The summed E-state index contributed by atoms with van der Waals surface area (Å²) in [5.41, 5.74) is 0.334. The molecule has 1 unspecified atom stereocenters. The topological polar surface area (TPSA) is 69.6 Å². The van der Waals surface area contributed by atoms with Gasteiger partial charge < -0.3 is 15.3 Å². The Hall–Kier alpha value is -1.30. The average molecular weight is 347 g/mol. The van der Waals surface area contributed by atoms with E-state index in [0.717, 1.165) is 0 Å². The lowest BCUT2D eigenvalue weighted by Crippen LogP contribution is -2.39. The molecule has 1 aromatic rings. The molecule has 0 aliphatic rings. The molecule has 0 bridgehead atoms. The molecule has 0 saturated heterocycles. The van der Waals surface area contributed by atoms with E-state index in [1.807, 2.05) is 0 Å². The van der Waals surface area contributed by atoms with Crippen molar-refractivity contribution >= 4 is 35.0 Å². The molecule has 0 heterocycles. The summed E-state index contributed by atoms with van der Waals surface area (Å²) in [6, 6.07) is 4.50. The summed E-state index contributed by atoms with van der Waals surface area (Å²) in [4.78, 5) is 24.9. The molecule has 22 heavy (non-hydrogen) atoms. The van der Waals surface area contributed by atoms with E-state index in [4.69, 9.17) is 23.2 Å². The molecule has 2 amide bonds. The first-order chi connectivity index (χ1) is 10.2. The third-order valence-corrected chi connectivity index (χ3v) is 3.52. The van der Waals surface area contributed by atoms with Crippen LogP contribution in [0.15, 0.2) is 18.2 Å². The van der Waals surface area contributed by atoms with Gasteiger partial charge in [-0.25, -0.2) is 0 Å². The van der Waals surface area contributed by atoms with Crippen molar-refractivity contribution in [2.45, 2.75) is 20.0 Å². The summed E-state index contributed by atoms with van der Waals surface area (Å²) in [5.74, 6) is -0.680. The van der Waals surface area contributed by atoms with Crippen molar-refractivity contribution in [1.82, 2.24) is 10.2 Å². The van der Waals surface area contributed by atoms with Crippen LogP contribution < -0.4 is 5.32 Å². The highest BCUT2D eigenvalue weighted by molar-refractivity contribution is 6.34. The van der Waals surface area contributed by atoms with Gasteiger partial charge in [-0.05, 0) is 23.8 Å². The lowest BCUT2D eigenvalue weighted by atomic mass is 10.1. The van der Waals surface area contributed by atoms with E-state index >= 15 is 0 Å². The Bertz CT molecular complexity index is 529. The summed E-state index contributed by atoms with van der Waals surface area (Å²) < 4.78 is 0. The normalized spacial score (nSPS) is 12.1. The lowest BCUT2D eigenvalue weighted by Gasteiger charge is -2.21. The van der Waals surface area contributed by atoms with Gasteiger partial charge in [-0.15, -0.1) is 0 Å². The Morgan fingerprint density at radius 1 is 1.23 bits per heavy atom. The summed E-state index contributed by atoms with van der Waals surface area (Å²) >= 11 is 11.7. The monoisotopic (exact) mass is 346 g/mol. The van der Waals surface area contributed by atoms with Crippen LogP contribution in [-0.2, 0) is 9.59 Å². The third-order valence-electron chi connectivity index (χ3n) is 3.08. The van der Waals surface area contributed by atoms with Crippen LogP contribution in [0.25, 0.3) is 0 Å². The van der Waals surface area contributed by atoms with Crippen LogP contribution in [0.3, 0.4) is 0 Å². The predicted molar refractivity (Wildman–Crippen MR) is 86.9 cm³/mol. The highest BCUT2D eigenvalue weighted by Gasteiger charge is 2.22. The van der Waals surface area contributed by atoms with Gasteiger partial charge in [-0.1, -0.05) is 37.0 Å². The number of aliphatic hydroxyl groups is 1. The molecule has 0 aliphatic carbocycles. The van der Waals surface area contributed by atoms with Gasteiger partial charge in [0.15, 0.2) is 6.10 Å². The van der Waals surface area contributed by atoms with Gasteiger partial charge in [0.1, 0.15) is 0 Å². The number of nitrogens with one attached hydrogen (secondary N) is 1. The van der Waals surface area contributed by atoms with E-state index in [1.165, 1.54) is 23.1 Å². The maximum absolute atomic E-state index is 12.2. The zero-order valence-electron chi connectivity index (χ0n) is 12.8. The van der Waals surface area contributed by atoms with Gasteiger partial charge in [0.05, 0.1) is 0 Å². The first-order valence-electron chi connectivity index (χ1n) is 6.89. The zero-order valence-corrected chi connectivity index (χ0v) is 14.3. The molecule has 0 spiro atoms. The number of carbonyl (C=O) groups excluding carboxylic acids is 2. The van der Waals surface area contributed by atoms with Crippen LogP contribution in [0.2, 0.25) is 10.0 Å². The highest BCUT2D eigenvalue weighted by atomic mass is 35.5. The SMILES string of the molecule is CC(C)C(=O)NCCN(C)C(=O)C(O)c1cc(Cl)cc(Cl)c1. The Labute approximate surface area is 140 Å². The lowest BCUT2D eigenvalue weighted by molar-refractivity contribution is -0.139. The van der Waals surface area contributed by atoms with Crippen molar-refractivity contribution in [3.63, 3.8) is 0 Å². The van der Waals surface area contributed by atoms with Crippen LogP contribution in [0, 0.1) is 5.92 Å². The van der Waals surface area contributed by atoms with E-state index < -0.39 is 12.0 Å². The second-order valence-corrected chi connectivity index (χ2v) is 6.18. The summed E-state index contributed by atoms with van der Waals surface area (Å²) in [5, 5.41) is 13.5.